The smallest absolute Gasteiger partial charge is 0.188 e. The van der Waals surface area contributed by atoms with Crippen molar-refractivity contribution in [3.05, 3.63) is 29.3 Å². The summed E-state index contributed by atoms with van der Waals surface area (Å²) in [6.07, 6.45) is 2.60. The van der Waals surface area contributed by atoms with Crippen molar-refractivity contribution in [2.45, 2.75) is 26.3 Å². The Bertz CT molecular complexity index is 439. The van der Waals surface area contributed by atoms with Crippen LogP contribution >= 0.6 is 0 Å². The quantitative estimate of drug-likeness (QED) is 0.616. The number of hydrogen-bond acceptors (Lipinski definition) is 2. The third kappa shape index (κ3) is 3.65. The van der Waals surface area contributed by atoms with Crippen molar-refractivity contribution in [2.75, 3.05) is 13.7 Å². The Kier molecular flexibility index (Phi) is 4.07. The molecule has 0 aliphatic heterocycles. The van der Waals surface area contributed by atoms with E-state index in [1.165, 1.54) is 18.4 Å². The molecule has 1 aliphatic rings. The highest BCUT2D eigenvalue weighted by atomic mass is 16.5. The Morgan fingerprint density at radius 2 is 2.28 bits per heavy atom. The van der Waals surface area contributed by atoms with Crippen LogP contribution in [0.1, 0.15) is 24.0 Å². The molecule has 0 heterocycles. The van der Waals surface area contributed by atoms with Crippen molar-refractivity contribution in [2.24, 2.45) is 16.6 Å². The number of nitrogens with two attached hydrogens (primary N) is 1. The van der Waals surface area contributed by atoms with Gasteiger partial charge in [-0.1, -0.05) is 12.1 Å². The Morgan fingerprint density at radius 3 is 2.94 bits per heavy atom. The van der Waals surface area contributed by atoms with Crippen molar-refractivity contribution < 1.29 is 4.74 Å². The molecule has 1 aromatic rings. The largest absolute Gasteiger partial charge is 0.493 e. The third-order valence-electron chi connectivity index (χ3n) is 3.09. The number of nitrogens with one attached hydrogen (secondary N) is 1. The molecular formula is C14H21N3O. The number of aliphatic imine (C=N–C) groups is 1. The number of aryl methyl sites for hydroxylation is 1. The van der Waals surface area contributed by atoms with Crippen LogP contribution in [0.25, 0.3) is 0 Å². The van der Waals surface area contributed by atoms with Crippen LogP contribution in [0.15, 0.2) is 23.2 Å². The summed E-state index contributed by atoms with van der Waals surface area (Å²) in [5.41, 5.74) is 7.96. The van der Waals surface area contributed by atoms with E-state index in [1.54, 1.807) is 7.05 Å². The van der Waals surface area contributed by atoms with Gasteiger partial charge in [-0.25, -0.2) is 0 Å². The molecule has 0 saturated heterocycles. The van der Waals surface area contributed by atoms with Crippen LogP contribution in [0.4, 0.5) is 0 Å². The van der Waals surface area contributed by atoms with Gasteiger partial charge in [0.25, 0.3) is 0 Å². The summed E-state index contributed by atoms with van der Waals surface area (Å²) in [7, 11) is 1.67. The topological polar surface area (TPSA) is 59.6 Å². The van der Waals surface area contributed by atoms with Gasteiger partial charge in [0.2, 0.25) is 0 Å². The van der Waals surface area contributed by atoms with Crippen LogP contribution < -0.4 is 15.8 Å². The van der Waals surface area contributed by atoms with Crippen LogP contribution in [-0.4, -0.2) is 19.6 Å². The van der Waals surface area contributed by atoms with E-state index in [9.17, 15) is 0 Å². The maximum atomic E-state index is 5.89. The van der Waals surface area contributed by atoms with E-state index in [2.05, 4.69) is 35.4 Å². The van der Waals surface area contributed by atoms with Crippen molar-refractivity contribution in [3.63, 3.8) is 0 Å². The predicted molar refractivity (Wildman–Crippen MR) is 73.8 cm³/mol. The average Bonchev–Trinajstić information content (AvgIpc) is 3.18. The van der Waals surface area contributed by atoms with Crippen molar-refractivity contribution in [3.8, 4) is 5.75 Å². The molecule has 18 heavy (non-hydrogen) atoms. The first-order valence-electron chi connectivity index (χ1n) is 6.37. The van der Waals surface area contributed by atoms with Crippen LogP contribution in [0, 0.1) is 12.8 Å². The first-order valence-corrected chi connectivity index (χ1v) is 6.37. The van der Waals surface area contributed by atoms with Gasteiger partial charge in [-0.05, 0) is 37.3 Å². The maximum Gasteiger partial charge on any atom is 0.188 e. The average molecular weight is 247 g/mol. The molecule has 4 nitrogen and oxygen atoms in total. The molecule has 0 bridgehead atoms. The Hall–Kier alpha value is -1.71. The second-order valence-electron chi connectivity index (χ2n) is 4.83. The molecule has 2 rings (SSSR count). The van der Waals surface area contributed by atoms with Crippen LogP contribution in [0.3, 0.4) is 0 Å². The van der Waals surface area contributed by atoms with Gasteiger partial charge >= 0.3 is 0 Å². The van der Waals surface area contributed by atoms with Crippen molar-refractivity contribution >= 4 is 5.96 Å². The fourth-order valence-corrected chi connectivity index (χ4v) is 1.70. The zero-order chi connectivity index (χ0) is 13.0. The van der Waals surface area contributed by atoms with Crippen LogP contribution in [0.2, 0.25) is 0 Å². The van der Waals surface area contributed by atoms with Gasteiger partial charge in [-0.15, -0.1) is 0 Å². The molecule has 0 unspecified atom stereocenters. The molecule has 1 aromatic carbocycles. The SMILES string of the molecule is CN=C(N)NCc1ccc(C)cc1OCC1CC1. The molecule has 0 aromatic heterocycles. The van der Waals surface area contributed by atoms with E-state index in [1.807, 2.05) is 0 Å². The van der Waals surface area contributed by atoms with Gasteiger partial charge in [-0.3, -0.25) is 4.99 Å². The third-order valence-corrected chi connectivity index (χ3v) is 3.09. The molecule has 1 fully saturated rings. The molecule has 0 spiro atoms. The molecule has 98 valence electrons. The minimum atomic E-state index is 0.448. The normalized spacial score (nSPS) is 15.6. The van der Waals surface area contributed by atoms with E-state index < -0.39 is 0 Å². The zero-order valence-corrected chi connectivity index (χ0v) is 11.1. The number of rotatable bonds is 5. The minimum absolute atomic E-state index is 0.448. The van der Waals surface area contributed by atoms with Gasteiger partial charge in [-0.2, -0.15) is 0 Å². The summed E-state index contributed by atoms with van der Waals surface area (Å²) in [6.45, 7) is 3.54. The second-order valence-corrected chi connectivity index (χ2v) is 4.83. The molecule has 4 heteroatoms. The van der Waals surface area contributed by atoms with E-state index in [4.69, 9.17) is 10.5 Å². The minimum Gasteiger partial charge on any atom is -0.493 e. The highest BCUT2D eigenvalue weighted by Gasteiger charge is 2.22. The first-order chi connectivity index (χ1) is 8.69. The lowest BCUT2D eigenvalue weighted by atomic mass is 10.1. The van der Waals surface area contributed by atoms with Crippen LogP contribution in [-0.2, 0) is 6.54 Å². The second kappa shape index (κ2) is 5.76. The lowest BCUT2D eigenvalue weighted by Gasteiger charge is -2.13. The summed E-state index contributed by atoms with van der Waals surface area (Å²) in [4.78, 5) is 3.88. The molecule has 0 radical (unpaired) electrons. The highest BCUT2D eigenvalue weighted by Crippen LogP contribution is 2.30. The molecule has 0 amide bonds. The van der Waals surface area contributed by atoms with Crippen molar-refractivity contribution in [1.82, 2.24) is 5.32 Å². The Balaban J connectivity index is 2.01. The Labute approximate surface area is 108 Å². The van der Waals surface area contributed by atoms with E-state index >= 15 is 0 Å². The monoisotopic (exact) mass is 247 g/mol. The summed E-state index contributed by atoms with van der Waals surface area (Å²) in [5.74, 6) is 2.16. The Morgan fingerprint density at radius 1 is 1.50 bits per heavy atom. The van der Waals surface area contributed by atoms with Gasteiger partial charge < -0.3 is 15.8 Å². The fourth-order valence-electron chi connectivity index (χ4n) is 1.70. The molecule has 0 atom stereocenters. The van der Waals surface area contributed by atoms with E-state index in [-0.39, 0.29) is 0 Å². The lowest BCUT2D eigenvalue weighted by molar-refractivity contribution is 0.296. The standard InChI is InChI=1S/C14H21N3O/c1-10-3-6-12(8-17-14(15)16-2)13(7-10)18-9-11-4-5-11/h3,6-7,11H,4-5,8-9H2,1-2H3,(H3,15,16,17). The maximum absolute atomic E-state index is 5.89. The van der Waals surface area contributed by atoms with Gasteiger partial charge in [0.15, 0.2) is 5.96 Å². The highest BCUT2D eigenvalue weighted by molar-refractivity contribution is 5.77. The van der Waals surface area contributed by atoms with E-state index in [0.29, 0.717) is 12.5 Å². The van der Waals surface area contributed by atoms with Crippen molar-refractivity contribution in [1.29, 1.82) is 0 Å². The number of guanidine groups is 1. The van der Waals surface area contributed by atoms with E-state index in [0.717, 1.165) is 23.8 Å². The summed E-state index contributed by atoms with van der Waals surface area (Å²) < 4.78 is 5.89. The van der Waals surface area contributed by atoms with Gasteiger partial charge in [0.1, 0.15) is 5.75 Å². The molecular weight excluding hydrogens is 226 g/mol. The number of nitrogens with zero attached hydrogens (tertiary/aromatic N) is 1. The molecule has 3 N–H and O–H groups in total. The summed E-state index contributed by atoms with van der Waals surface area (Å²) in [6, 6.07) is 6.24. The first kappa shape index (κ1) is 12.7. The fraction of sp³-hybridized carbons (Fsp3) is 0.500. The van der Waals surface area contributed by atoms with Gasteiger partial charge in [0.05, 0.1) is 6.61 Å². The number of benzene rings is 1. The van der Waals surface area contributed by atoms with Gasteiger partial charge in [0, 0.05) is 19.2 Å². The summed E-state index contributed by atoms with van der Waals surface area (Å²) in [5, 5.41) is 3.06. The lowest BCUT2D eigenvalue weighted by Crippen LogP contribution is -2.30. The predicted octanol–water partition coefficient (Wildman–Crippen LogP) is 1.82. The molecule has 1 saturated carbocycles. The summed E-state index contributed by atoms with van der Waals surface area (Å²) >= 11 is 0. The zero-order valence-electron chi connectivity index (χ0n) is 11.1. The molecule has 1 aliphatic carbocycles. The number of hydrogen-bond donors (Lipinski definition) is 2. The number of ether oxygens (including phenoxy) is 1. The van der Waals surface area contributed by atoms with Crippen LogP contribution in [0.5, 0.6) is 5.75 Å².